The molecule has 1 saturated carbocycles. The maximum atomic E-state index is 9.99. The van der Waals surface area contributed by atoms with Crippen LogP contribution in [0.4, 0.5) is 0 Å². The molecular formula is C15H29NO2. The van der Waals surface area contributed by atoms with E-state index >= 15 is 0 Å². The van der Waals surface area contributed by atoms with Crippen LogP contribution < -0.4 is 0 Å². The van der Waals surface area contributed by atoms with E-state index in [-0.39, 0.29) is 6.10 Å². The van der Waals surface area contributed by atoms with Crippen molar-refractivity contribution in [3.63, 3.8) is 0 Å². The molecule has 106 valence electrons. The van der Waals surface area contributed by atoms with E-state index in [9.17, 15) is 5.11 Å². The number of rotatable bonds is 3. The van der Waals surface area contributed by atoms with Crippen LogP contribution in [0.3, 0.4) is 0 Å². The van der Waals surface area contributed by atoms with Gasteiger partial charge in [0.15, 0.2) is 0 Å². The monoisotopic (exact) mass is 255 g/mol. The van der Waals surface area contributed by atoms with Gasteiger partial charge in [-0.1, -0.05) is 13.8 Å². The van der Waals surface area contributed by atoms with E-state index < -0.39 is 0 Å². The molecule has 18 heavy (non-hydrogen) atoms. The van der Waals surface area contributed by atoms with Crippen LogP contribution >= 0.6 is 0 Å². The van der Waals surface area contributed by atoms with Gasteiger partial charge in [-0.3, -0.25) is 0 Å². The molecular weight excluding hydrogens is 226 g/mol. The summed E-state index contributed by atoms with van der Waals surface area (Å²) in [6.45, 7) is 7.18. The number of aliphatic hydroxyl groups excluding tert-OH is 1. The standard InChI is InChI=1S/C15H29NO2/c1-15(2)7-4-13(5-8-15)16(3)10-12-11-18-9-6-14(12)17/h12-14,17H,4-11H2,1-3H3. The molecule has 0 aromatic heterocycles. The van der Waals surface area contributed by atoms with E-state index in [0.717, 1.165) is 26.2 Å². The Kier molecular flexibility index (Phi) is 4.68. The van der Waals surface area contributed by atoms with Crippen LogP contribution in [0.15, 0.2) is 0 Å². The Labute approximate surface area is 112 Å². The first-order valence-electron chi connectivity index (χ1n) is 7.44. The quantitative estimate of drug-likeness (QED) is 0.840. The van der Waals surface area contributed by atoms with Crippen molar-refractivity contribution in [3.8, 4) is 0 Å². The summed E-state index contributed by atoms with van der Waals surface area (Å²) in [5, 5.41) is 9.99. The first kappa shape index (κ1) is 14.3. The van der Waals surface area contributed by atoms with E-state index in [2.05, 4.69) is 25.8 Å². The Hall–Kier alpha value is -0.120. The summed E-state index contributed by atoms with van der Waals surface area (Å²) < 4.78 is 5.49. The molecule has 2 aliphatic rings. The fourth-order valence-corrected chi connectivity index (χ4v) is 3.30. The van der Waals surface area contributed by atoms with Gasteiger partial charge in [-0.15, -0.1) is 0 Å². The van der Waals surface area contributed by atoms with Crippen molar-refractivity contribution in [2.24, 2.45) is 11.3 Å². The highest BCUT2D eigenvalue weighted by Crippen LogP contribution is 2.36. The van der Waals surface area contributed by atoms with Crippen LogP contribution in [0.1, 0.15) is 46.0 Å². The predicted molar refractivity (Wildman–Crippen MR) is 73.6 cm³/mol. The number of hydrogen-bond donors (Lipinski definition) is 1. The zero-order valence-electron chi connectivity index (χ0n) is 12.2. The van der Waals surface area contributed by atoms with Gasteiger partial charge in [-0.25, -0.2) is 0 Å². The minimum atomic E-state index is -0.166. The van der Waals surface area contributed by atoms with E-state index in [0.29, 0.717) is 17.4 Å². The average molecular weight is 255 g/mol. The molecule has 0 bridgehead atoms. The Morgan fingerprint density at radius 3 is 2.50 bits per heavy atom. The molecule has 2 fully saturated rings. The highest BCUT2D eigenvalue weighted by Gasteiger charge is 2.31. The molecule has 0 radical (unpaired) electrons. The summed E-state index contributed by atoms with van der Waals surface area (Å²) in [5.41, 5.74) is 0.533. The molecule has 0 aromatic carbocycles. The van der Waals surface area contributed by atoms with Gasteiger partial charge in [0.1, 0.15) is 0 Å². The lowest BCUT2D eigenvalue weighted by Gasteiger charge is -2.40. The lowest BCUT2D eigenvalue weighted by Crippen LogP contribution is -2.44. The number of hydrogen-bond acceptors (Lipinski definition) is 3. The Bertz CT molecular complexity index is 257. The van der Waals surface area contributed by atoms with Gasteiger partial charge in [0, 0.05) is 25.1 Å². The minimum absolute atomic E-state index is 0.166. The molecule has 0 spiro atoms. The largest absolute Gasteiger partial charge is 0.393 e. The minimum Gasteiger partial charge on any atom is -0.393 e. The molecule has 2 atom stereocenters. The van der Waals surface area contributed by atoms with Crippen LogP contribution in [0, 0.1) is 11.3 Å². The van der Waals surface area contributed by atoms with Crippen LogP contribution in [0.2, 0.25) is 0 Å². The lowest BCUT2D eigenvalue weighted by atomic mass is 9.75. The molecule has 1 saturated heterocycles. The van der Waals surface area contributed by atoms with Gasteiger partial charge in [0.05, 0.1) is 12.7 Å². The zero-order chi connectivity index (χ0) is 13.2. The summed E-state index contributed by atoms with van der Waals surface area (Å²) in [5.74, 6) is 0.304. The van der Waals surface area contributed by atoms with Gasteiger partial charge in [0.25, 0.3) is 0 Å². The number of ether oxygens (including phenoxy) is 1. The van der Waals surface area contributed by atoms with Crippen LogP contribution in [-0.4, -0.2) is 49.0 Å². The molecule has 1 heterocycles. The predicted octanol–water partition coefficient (Wildman–Crippen LogP) is 2.28. The van der Waals surface area contributed by atoms with Crippen molar-refractivity contribution in [2.45, 2.75) is 58.1 Å². The smallest absolute Gasteiger partial charge is 0.0624 e. The summed E-state index contributed by atoms with van der Waals surface area (Å²) in [6.07, 6.45) is 5.88. The highest BCUT2D eigenvalue weighted by molar-refractivity contribution is 4.85. The van der Waals surface area contributed by atoms with Crippen molar-refractivity contribution in [1.82, 2.24) is 4.90 Å². The second kappa shape index (κ2) is 5.89. The van der Waals surface area contributed by atoms with Crippen molar-refractivity contribution < 1.29 is 9.84 Å². The van der Waals surface area contributed by atoms with Crippen molar-refractivity contribution in [3.05, 3.63) is 0 Å². The highest BCUT2D eigenvalue weighted by atomic mass is 16.5. The molecule has 2 rings (SSSR count). The van der Waals surface area contributed by atoms with Crippen LogP contribution in [0.25, 0.3) is 0 Å². The number of aliphatic hydroxyl groups is 1. The molecule has 0 amide bonds. The maximum absolute atomic E-state index is 9.99. The summed E-state index contributed by atoms with van der Waals surface area (Å²) in [7, 11) is 2.21. The normalized spacial score (nSPS) is 33.8. The van der Waals surface area contributed by atoms with Crippen LogP contribution in [0.5, 0.6) is 0 Å². The van der Waals surface area contributed by atoms with Gasteiger partial charge >= 0.3 is 0 Å². The topological polar surface area (TPSA) is 32.7 Å². The van der Waals surface area contributed by atoms with Gasteiger partial charge < -0.3 is 14.7 Å². The van der Waals surface area contributed by atoms with E-state index in [1.807, 2.05) is 0 Å². The first-order chi connectivity index (χ1) is 8.48. The van der Waals surface area contributed by atoms with Gasteiger partial charge in [0.2, 0.25) is 0 Å². The van der Waals surface area contributed by atoms with E-state index in [4.69, 9.17) is 4.74 Å². The molecule has 2 unspecified atom stereocenters. The van der Waals surface area contributed by atoms with Crippen LogP contribution in [-0.2, 0) is 4.74 Å². The molecule has 3 nitrogen and oxygen atoms in total. The molecule has 0 aromatic rings. The second-order valence-electron chi connectivity index (χ2n) is 7.03. The Balaban J connectivity index is 1.79. The van der Waals surface area contributed by atoms with E-state index in [1.165, 1.54) is 25.7 Å². The summed E-state index contributed by atoms with van der Waals surface area (Å²) in [4.78, 5) is 2.46. The average Bonchev–Trinajstić information content (AvgIpc) is 2.32. The maximum Gasteiger partial charge on any atom is 0.0624 e. The first-order valence-corrected chi connectivity index (χ1v) is 7.44. The van der Waals surface area contributed by atoms with Crippen molar-refractivity contribution in [2.75, 3.05) is 26.8 Å². The van der Waals surface area contributed by atoms with Gasteiger partial charge in [-0.05, 0) is 44.6 Å². The summed E-state index contributed by atoms with van der Waals surface area (Å²) in [6, 6.07) is 0.701. The summed E-state index contributed by atoms with van der Waals surface area (Å²) >= 11 is 0. The molecule has 1 aliphatic carbocycles. The number of nitrogens with zero attached hydrogens (tertiary/aromatic N) is 1. The fourth-order valence-electron chi connectivity index (χ4n) is 3.30. The fraction of sp³-hybridized carbons (Fsp3) is 1.00. The SMILES string of the molecule is CN(CC1COCCC1O)C1CCC(C)(C)CC1. The second-order valence-corrected chi connectivity index (χ2v) is 7.03. The molecule has 1 aliphatic heterocycles. The lowest BCUT2D eigenvalue weighted by molar-refractivity contribution is -0.0502. The zero-order valence-corrected chi connectivity index (χ0v) is 12.2. The molecule has 3 heteroatoms. The molecule has 1 N–H and O–H groups in total. The third-order valence-electron chi connectivity index (χ3n) is 4.89. The Morgan fingerprint density at radius 2 is 1.89 bits per heavy atom. The van der Waals surface area contributed by atoms with Gasteiger partial charge in [-0.2, -0.15) is 0 Å². The Morgan fingerprint density at radius 1 is 1.22 bits per heavy atom. The van der Waals surface area contributed by atoms with Crippen molar-refractivity contribution >= 4 is 0 Å². The third kappa shape index (κ3) is 3.69. The van der Waals surface area contributed by atoms with E-state index in [1.54, 1.807) is 0 Å². The third-order valence-corrected chi connectivity index (χ3v) is 4.89. The van der Waals surface area contributed by atoms with Crippen molar-refractivity contribution in [1.29, 1.82) is 0 Å².